The second-order valence-corrected chi connectivity index (χ2v) is 17.2. The molecule has 4 aliphatic rings. The van der Waals surface area contributed by atoms with Crippen LogP contribution in [0.2, 0.25) is 5.02 Å². The van der Waals surface area contributed by atoms with Crippen LogP contribution in [0.15, 0.2) is 102 Å². The van der Waals surface area contributed by atoms with Crippen LogP contribution in [0.5, 0.6) is 11.5 Å². The van der Waals surface area contributed by atoms with E-state index in [1.54, 1.807) is 18.5 Å². The van der Waals surface area contributed by atoms with Gasteiger partial charge in [0.25, 0.3) is 11.6 Å². The molecule has 310 valence electrons. The molecule has 1 spiro atoms. The minimum atomic E-state index is -2.15. The number of carbonyl (C=O) groups excluding carboxylic acids is 1. The van der Waals surface area contributed by atoms with Crippen molar-refractivity contribution in [3.8, 4) is 11.5 Å². The molecule has 0 saturated carbocycles. The molecule has 2 saturated heterocycles. The lowest BCUT2D eigenvalue weighted by Crippen LogP contribution is -2.45. The van der Waals surface area contributed by atoms with Gasteiger partial charge in [-0.25, -0.2) is 9.19 Å². The zero-order valence-electron chi connectivity index (χ0n) is 32.6. The predicted octanol–water partition coefficient (Wildman–Crippen LogP) is 7.90. The molecule has 5 aromatic rings. The van der Waals surface area contributed by atoms with Gasteiger partial charge < -0.3 is 29.2 Å². The number of pyridine rings is 1. The van der Waals surface area contributed by atoms with Gasteiger partial charge in [0.1, 0.15) is 22.8 Å². The molecule has 14 nitrogen and oxygen atoms in total. The van der Waals surface area contributed by atoms with Crippen LogP contribution >= 0.6 is 11.6 Å². The molecule has 2 atom stereocenters. The van der Waals surface area contributed by atoms with Gasteiger partial charge in [-0.2, -0.15) is 0 Å². The highest BCUT2D eigenvalue weighted by Crippen LogP contribution is 2.48. The zero-order valence-corrected chi connectivity index (χ0v) is 34.2. The molecule has 0 radical (unpaired) electrons. The number of aromatic nitrogens is 2. The molecule has 3 N–H and O–H groups in total. The fourth-order valence-electron chi connectivity index (χ4n) is 8.25. The standard InChI is InChI=1S/C44H43ClN6O8S/c45-33-4-1-29(2-5-33)37-22-44(26-57-27-44)13-9-32(37)24-50-15-11-28(12-16-50)30-3-7-36(40(20-30)59-34-19-31-10-14-46-42(31)47-23-34)43(52)49-60(55)35-6-8-38(39(21-35)51(53)54)48-41-25-56-17-18-58-41/h1-8,10-11,14,19-21,23,41,48H,9,12-13,15-18,22,24-27H2,(H,46,47)(H,49,52)/t41-,60?/m0/s1. The Labute approximate surface area is 353 Å². The Morgan fingerprint density at radius 1 is 1.05 bits per heavy atom. The number of fused-ring (bicyclic) bond motifs is 1. The van der Waals surface area contributed by atoms with Gasteiger partial charge in [0, 0.05) is 47.7 Å². The van der Waals surface area contributed by atoms with E-state index < -0.39 is 28.0 Å². The number of aromatic amines is 1. The monoisotopic (exact) mass is 850 g/mol. The molecular formula is C44H43ClN6O8S. The van der Waals surface area contributed by atoms with Gasteiger partial charge >= 0.3 is 0 Å². The van der Waals surface area contributed by atoms with E-state index in [2.05, 4.69) is 43.1 Å². The Morgan fingerprint density at radius 3 is 2.65 bits per heavy atom. The van der Waals surface area contributed by atoms with E-state index in [-0.39, 0.29) is 39.6 Å². The number of nitrogens with one attached hydrogen (secondary N) is 3. The fraction of sp³-hybridized carbons (Fsp3) is 0.318. The Hall–Kier alpha value is -5.42. The number of amides is 1. The average Bonchev–Trinajstić information content (AvgIpc) is 3.72. The first-order chi connectivity index (χ1) is 29.2. The SMILES string of the molecule is O=C(NS(=O)c1ccc(N[C@@H]2COCCO2)c([N+](=O)[O-])c1)c1ccc(C2=CCN(CC3=C(c4ccc(Cl)cc4)CC4(CC3)COC4)CC2)cc1Oc1cnc2[nH]ccc2c1. The molecule has 16 heteroatoms. The lowest BCUT2D eigenvalue weighted by atomic mass is 9.68. The molecule has 0 bridgehead atoms. The molecule has 5 heterocycles. The summed E-state index contributed by atoms with van der Waals surface area (Å²) < 4.78 is 39.0. The van der Waals surface area contributed by atoms with E-state index >= 15 is 0 Å². The molecule has 1 amide bonds. The number of hydrogen-bond acceptors (Lipinski definition) is 11. The van der Waals surface area contributed by atoms with Crippen LogP contribution in [0.3, 0.4) is 0 Å². The number of ether oxygens (including phenoxy) is 4. The number of nitro benzene ring substituents is 1. The maximum atomic E-state index is 13.9. The highest BCUT2D eigenvalue weighted by molar-refractivity contribution is 7.83. The quantitative estimate of drug-likeness (QED) is 0.0824. The molecule has 9 rings (SSSR count). The Bertz CT molecular complexity index is 2530. The second kappa shape index (κ2) is 17.3. The minimum Gasteiger partial charge on any atom is -0.455 e. The van der Waals surface area contributed by atoms with Crippen molar-refractivity contribution < 1.29 is 32.9 Å². The average molecular weight is 851 g/mol. The molecule has 1 unspecified atom stereocenters. The first kappa shape index (κ1) is 40.0. The Kier molecular flexibility index (Phi) is 11.5. The van der Waals surface area contributed by atoms with Crippen molar-refractivity contribution in [3.63, 3.8) is 0 Å². The fourth-order valence-corrected chi connectivity index (χ4v) is 9.18. The number of nitro groups is 1. The van der Waals surface area contributed by atoms with Gasteiger partial charge in [-0.15, -0.1) is 0 Å². The number of carbonyl (C=O) groups is 1. The van der Waals surface area contributed by atoms with Crippen molar-refractivity contribution in [2.45, 2.75) is 36.8 Å². The molecule has 3 aliphatic heterocycles. The van der Waals surface area contributed by atoms with Crippen molar-refractivity contribution in [3.05, 3.63) is 129 Å². The van der Waals surface area contributed by atoms with Crippen LogP contribution < -0.4 is 14.8 Å². The van der Waals surface area contributed by atoms with Crippen molar-refractivity contribution in [2.24, 2.45) is 5.41 Å². The van der Waals surface area contributed by atoms with Crippen molar-refractivity contribution >= 4 is 62.0 Å². The highest BCUT2D eigenvalue weighted by atomic mass is 35.5. The summed E-state index contributed by atoms with van der Waals surface area (Å²) in [4.78, 5) is 35.3. The van der Waals surface area contributed by atoms with E-state index in [9.17, 15) is 19.1 Å². The molecule has 60 heavy (non-hydrogen) atoms. The lowest BCUT2D eigenvalue weighted by molar-refractivity contribution is -0.384. The zero-order chi connectivity index (χ0) is 41.2. The number of rotatable bonds is 12. The third-order valence-electron chi connectivity index (χ3n) is 11.6. The van der Waals surface area contributed by atoms with Gasteiger partial charge in [-0.05, 0) is 96.5 Å². The van der Waals surface area contributed by atoms with E-state index in [1.165, 1.54) is 34.9 Å². The summed E-state index contributed by atoms with van der Waals surface area (Å²) in [5.74, 6) is -0.0210. The number of benzene rings is 3. The molecule has 2 aromatic heterocycles. The van der Waals surface area contributed by atoms with Crippen LogP contribution in [-0.4, -0.2) is 88.8 Å². The van der Waals surface area contributed by atoms with E-state index in [4.69, 9.17) is 30.5 Å². The number of hydrogen-bond donors (Lipinski definition) is 3. The van der Waals surface area contributed by atoms with E-state index in [1.807, 2.05) is 36.4 Å². The van der Waals surface area contributed by atoms with Gasteiger partial charge in [-0.1, -0.05) is 41.4 Å². The first-order valence-electron chi connectivity index (χ1n) is 19.9. The van der Waals surface area contributed by atoms with E-state index in [0.717, 1.165) is 80.1 Å². The summed E-state index contributed by atoms with van der Waals surface area (Å²) in [7, 11) is -2.15. The van der Waals surface area contributed by atoms with Crippen LogP contribution in [0, 0.1) is 15.5 Å². The number of nitrogens with zero attached hydrogens (tertiary/aromatic N) is 3. The molecule has 3 aromatic carbocycles. The Morgan fingerprint density at radius 2 is 1.90 bits per heavy atom. The van der Waals surface area contributed by atoms with Crippen molar-refractivity contribution in [1.29, 1.82) is 0 Å². The van der Waals surface area contributed by atoms with Gasteiger partial charge in [0.05, 0.1) is 54.6 Å². The molecule has 2 fully saturated rings. The van der Waals surface area contributed by atoms with Crippen molar-refractivity contribution in [2.75, 3.05) is 58.0 Å². The molecule has 1 aliphatic carbocycles. The maximum Gasteiger partial charge on any atom is 0.293 e. The normalized spacial score (nSPS) is 19.7. The highest BCUT2D eigenvalue weighted by Gasteiger charge is 2.42. The summed E-state index contributed by atoms with van der Waals surface area (Å²) in [6.07, 6.45) is 8.98. The number of H-pyrrole nitrogens is 1. The third-order valence-corrected chi connectivity index (χ3v) is 12.9. The molecular weight excluding hydrogens is 808 g/mol. The number of halogens is 1. The van der Waals surface area contributed by atoms with Crippen LogP contribution in [0.25, 0.3) is 22.2 Å². The van der Waals surface area contributed by atoms with Gasteiger partial charge in [-0.3, -0.25) is 24.5 Å². The predicted molar refractivity (Wildman–Crippen MR) is 228 cm³/mol. The minimum absolute atomic E-state index is 0.0420. The summed E-state index contributed by atoms with van der Waals surface area (Å²) >= 11 is 6.26. The summed E-state index contributed by atoms with van der Waals surface area (Å²) in [5, 5.41) is 16.5. The number of allylic oxidation sites excluding steroid dienone is 1. The second-order valence-electron chi connectivity index (χ2n) is 15.6. The summed E-state index contributed by atoms with van der Waals surface area (Å²) in [6.45, 7) is 5.13. The Balaban J connectivity index is 0.943. The largest absolute Gasteiger partial charge is 0.455 e. The van der Waals surface area contributed by atoms with Crippen molar-refractivity contribution in [1.82, 2.24) is 19.6 Å². The first-order valence-corrected chi connectivity index (χ1v) is 21.4. The summed E-state index contributed by atoms with van der Waals surface area (Å²) in [6, 6.07) is 21.3. The lowest BCUT2D eigenvalue weighted by Gasteiger charge is -2.46. The van der Waals surface area contributed by atoms with Gasteiger partial charge in [0.2, 0.25) is 0 Å². The van der Waals surface area contributed by atoms with E-state index in [0.29, 0.717) is 24.6 Å². The topological polar surface area (TPSA) is 170 Å². The summed E-state index contributed by atoms with van der Waals surface area (Å²) in [5.41, 5.74) is 7.04. The third kappa shape index (κ3) is 8.73. The van der Waals surface area contributed by atoms with Gasteiger partial charge in [0.15, 0.2) is 17.2 Å². The maximum absolute atomic E-state index is 13.9. The smallest absolute Gasteiger partial charge is 0.293 e. The number of anilines is 1. The van der Waals surface area contributed by atoms with Crippen LogP contribution in [0.4, 0.5) is 11.4 Å². The van der Waals surface area contributed by atoms with Crippen LogP contribution in [0.1, 0.15) is 47.2 Å². The van der Waals surface area contributed by atoms with Crippen LogP contribution in [-0.2, 0) is 25.2 Å².